The number of aromatic amines is 1. The van der Waals surface area contributed by atoms with Crippen molar-refractivity contribution in [2.75, 3.05) is 0 Å². The van der Waals surface area contributed by atoms with E-state index < -0.39 is 17.5 Å². The first-order valence-electron chi connectivity index (χ1n) is 4.78. The highest BCUT2D eigenvalue weighted by Crippen LogP contribution is 2.36. The molecule has 0 spiro atoms. The van der Waals surface area contributed by atoms with Gasteiger partial charge in [0.15, 0.2) is 0 Å². The maximum atomic E-state index is 13.3. The number of benzene rings is 1. The molecule has 1 aromatic carbocycles. The van der Waals surface area contributed by atoms with Crippen molar-refractivity contribution >= 4 is 60.8 Å². The van der Waals surface area contributed by atoms with E-state index in [-0.39, 0.29) is 30.2 Å². The monoisotopic (exact) mass is 429 g/mol. The number of carbonyl (C=O) groups excluding carboxylic acids is 1. The fourth-order valence-corrected chi connectivity index (χ4v) is 2.70. The number of phenols is 1. The van der Waals surface area contributed by atoms with Gasteiger partial charge in [0.25, 0.3) is 0 Å². The third-order valence-electron chi connectivity index (χ3n) is 2.34. The summed E-state index contributed by atoms with van der Waals surface area (Å²) in [6.45, 7) is 0. The summed E-state index contributed by atoms with van der Waals surface area (Å²) < 4.78 is 13.6. The molecule has 0 saturated carbocycles. The summed E-state index contributed by atoms with van der Waals surface area (Å²) in [4.78, 5) is 14.5. The quantitative estimate of drug-likeness (QED) is 0.663. The summed E-state index contributed by atoms with van der Waals surface area (Å²) in [7, 11) is 0. The molecule has 8 heteroatoms. The maximum Gasteiger partial charge on any atom is 0.214 e. The molecule has 19 heavy (non-hydrogen) atoms. The second-order valence-electron chi connectivity index (χ2n) is 3.55. The van der Waals surface area contributed by atoms with Crippen molar-refractivity contribution in [2.24, 2.45) is 0 Å². The fourth-order valence-electron chi connectivity index (χ4n) is 1.46. The molecule has 3 nitrogen and oxygen atoms in total. The lowest BCUT2D eigenvalue weighted by Gasteiger charge is -2.05. The number of H-pyrrole nitrogens is 1. The smallest absolute Gasteiger partial charge is 0.214 e. The Hall–Kier alpha value is -0.560. The molecule has 2 rings (SSSR count). The van der Waals surface area contributed by atoms with Gasteiger partial charge in [-0.25, -0.2) is 0 Å². The highest BCUT2D eigenvalue weighted by molar-refractivity contribution is 9.13. The van der Waals surface area contributed by atoms with E-state index in [0.717, 1.165) is 0 Å². The minimum absolute atomic E-state index is 0.0573. The molecule has 0 aliphatic carbocycles. The lowest BCUT2D eigenvalue weighted by molar-refractivity contribution is 0.103. The van der Waals surface area contributed by atoms with E-state index in [9.17, 15) is 14.3 Å². The van der Waals surface area contributed by atoms with Crippen molar-refractivity contribution in [1.82, 2.24) is 4.98 Å². The summed E-state index contributed by atoms with van der Waals surface area (Å²) in [6, 6.07) is 2.56. The van der Waals surface area contributed by atoms with Crippen molar-refractivity contribution in [3.63, 3.8) is 0 Å². The summed E-state index contributed by atoms with van der Waals surface area (Å²) in [5, 5.41) is 9.91. The molecule has 100 valence electrons. The van der Waals surface area contributed by atoms with Gasteiger partial charge in [-0.05, 0) is 44.0 Å². The van der Waals surface area contributed by atoms with Crippen LogP contribution in [0, 0.1) is 5.95 Å². The topological polar surface area (TPSA) is 53.1 Å². The zero-order chi connectivity index (χ0) is 14.3. The molecule has 0 fully saturated rings. The molecular weight excluding hydrogens is 428 g/mol. The predicted molar refractivity (Wildman–Crippen MR) is 77.7 cm³/mol. The van der Waals surface area contributed by atoms with Crippen LogP contribution in [0.3, 0.4) is 0 Å². The Labute approximate surface area is 134 Å². The van der Waals surface area contributed by atoms with E-state index in [2.05, 4.69) is 36.8 Å². The summed E-state index contributed by atoms with van der Waals surface area (Å²) >= 11 is 17.6. The van der Waals surface area contributed by atoms with E-state index in [1.165, 1.54) is 12.1 Å². The van der Waals surface area contributed by atoms with E-state index in [1.807, 2.05) is 0 Å². The number of rotatable bonds is 2. The van der Waals surface area contributed by atoms with Crippen LogP contribution < -0.4 is 0 Å². The van der Waals surface area contributed by atoms with Crippen LogP contribution in [0.5, 0.6) is 5.75 Å². The Bertz CT molecular complexity index is 688. The van der Waals surface area contributed by atoms with Crippen LogP contribution >= 0.6 is 55.1 Å². The molecule has 2 N–H and O–H groups in total. The third-order valence-corrected chi connectivity index (χ3v) is 4.92. The summed E-state index contributed by atoms with van der Waals surface area (Å²) in [6.07, 6.45) is 0. The first-order valence-corrected chi connectivity index (χ1v) is 7.12. The SMILES string of the molecule is O=C(c1cc(Cl)cc(Cl)c1O)c1[nH]c(F)c(Br)c1Br. The number of ketones is 1. The molecule has 0 bridgehead atoms. The maximum absolute atomic E-state index is 13.3. The van der Waals surface area contributed by atoms with Crippen molar-refractivity contribution < 1.29 is 14.3 Å². The molecule has 0 aliphatic rings. The molecule has 0 aliphatic heterocycles. The zero-order valence-corrected chi connectivity index (χ0v) is 13.6. The van der Waals surface area contributed by atoms with Gasteiger partial charge in [0.05, 0.1) is 19.5 Å². The molecule has 0 amide bonds. The number of nitrogens with one attached hydrogen (secondary N) is 1. The lowest BCUT2D eigenvalue weighted by Crippen LogP contribution is -2.03. The van der Waals surface area contributed by atoms with Gasteiger partial charge in [0.1, 0.15) is 11.4 Å². The third kappa shape index (κ3) is 2.67. The number of aromatic hydroxyl groups is 1. The number of halogens is 5. The molecule has 0 radical (unpaired) electrons. The molecule has 0 unspecified atom stereocenters. The number of phenolic OH excluding ortho intramolecular Hbond substituents is 1. The van der Waals surface area contributed by atoms with Crippen molar-refractivity contribution in [2.45, 2.75) is 0 Å². The van der Waals surface area contributed by atoms with Gasteiger partial charge < -0.3 is 10.1 Å². The Balaban J connectivity index is 2.59. The van der Waals surface area contributed by atoms with E-state index in [1.54, 1.807) is 0 Å². The Morgan fingerprint density at radius 2 is 1.89 bits per heavy atom. The van der Waals surface area contributed by atoms with Crippen LogP contribution in [0.2, 0.25) is 10.0 Å². The lowest BCUT2D eigenvalue weighted by atomic mass is 10.1. The van der Waals surface area contributed by atoms with Gasteiger partial charge in [-0.15, -0.1) is 0 Å². The average molecular weight is 432 g/mol. The minimum Gasteiger partial charge on any atom is -0.506 e. The predicted octanol–water partition coefficient (Wildman–Crippen LogP) is 4.92. The Kier molecular flexibility index (Phi) is 4.25. The number of hydrogen-bond acceptors (Lipinski definition) is 2. The van der Waals surface area contributed by atoms with Crippen molar-refractivity contribution in [3.8, 4) is 5.75 Å². The van der Waals surface area contributed by atoms with Crippen LogP contribution in [0.15, 0.2) is 21.1 Å². The number of aromatic nitrogens is 1. The first kappa shape index (κ1) is 14.8. The van der Waals surface area contributed by atoms with Gasteiger partial charge in [-0.3, -0.25) is 4.79 Å². The van der Waals surface area contributed by atoms with E-state index in [4.69, 9.17) is 23.2 Å². The number of carbonyl (C=O) groups is 1. The molecule has 0 atom stereocenters. The second kappa shape index (κ2) is 5.44. The average Bonchev–Trinajstić information content (AvgIpc) is 2.61. The van der Waals surface area contributed by atoms with Crippen molar-refractivity contribution in [3.05, 3.63) is 48.3 Å². The Morgan fingerprint density at radius 3 is 2.42 bits per heavy atom. The van der Waals surface area contributed by atoms with Crippen LogP contribution in [-0.4, -0.2) is 15.9 Å². The highest BCUT2D eigenvalue weighted by Gasteiger charge is 2.24. The number of hydrogen-bond donors (Lipinski definition) is 2. The molecule has 2 aromatic rings. The van der Waals surface area contributed by atoms with Crippen LogP contribution in [0.4, 0.5) is 4.39 Å². The van der Waals surface area contributed by atoms with Crippen LogP contribution in [-0.2, 0) is 0 Å². The highest BCUT2D eigenvalue weighted by atomic mass is 79.9. The fraction of sp³-hybridized carbons (Fsp3) is 0. The summed E-state index contributed by atoms with van der Waals surface area (Å²) in [5.41, 5.74) is -0.176. The summed E-state index contributed by atoms with van der Waals surface area (Å²) in [5.74, 6) is -1.75. The molecular formula is C11H4Br2Cl2FNO2. The van der Waals surface area contributed by atoms with Gasteiger partial charge >= 0.3 is 0 Å². The normalized spacial score (nSPS) is 10.8. The minimum atomic E-state index is -0.706. The van der Waals surface area contributed by atoms with Gasteiger partial charge in [-0.2, -0.15) is 4.39 Å². The largest absolute Gasteiger partial charge is 0.506 e. The standard InChI is InChI=1S/C11H4Br2Cl2FNO2/c12-6-7(13)11(16)17-8(6)10(19)4-1-3(14)2-5(15)9(4)18/h1-2,17-18H. The second-order valence-corrected chi connectivity index (χ2v) is 5.98. The molecule has 0 saturated heterocycles. The van der Waals surface area contributed by atoms with Gasteiger partial charge in [-0.1, -0.05) is 23.2 Å². The van der Waals surface area contributed by atoms with Gasteiger partial charge in [0.2, 0.25) is 11.7 Å². The Morgan fingerprint density at radius 1 is 1.26 bits per heavy atom. The molecule has 1 heterocycles. The van der Waals surface area contributed by atoms with E-state index >= 15 is 0 Å². The van der Waals surface area contributed by atoms with Crippen LogP contribution in [0.25, 0.3) is 0 Å². The van der Waals surface area contributed by atoms with Crippen LogP contribution in [0.1, 0.15) is 16.1 Å². The van der Waals surface area contributed by atoms with Gasteiger partial charge in [0, 0.05) is 5.02 Å². The van der Waals surface area contributed by atoms with E-state index in [0.29, 0.717) is 0 Å². The first-order chi connectivity index (χ1) is 8.82. The zero-order valence-electron chi connectivity index (χ0n) is 8.90. The molecule has 1 aromatic heterocycles. The van der Waals surface area contributed by atoms with Crippen molar-refractivity contribution in [1.29, 1.82) is 0 Å².